The Labute approximate surface area is 122 Å². The number of benzene rings is 1. The van der Waals surface area contributed by atoms with E-state index < -0.39 is 6.61 Å². The highest BCUT2D eigenvalue weighted by molar-refractivity contribution is 5.97. The SMILES string of the molecule is COc1cccc(C(=O)N2CCN(C)CC2)c1OC(F)F. The number of para-hydroxylation sites is 1. The lowest BCUT2D eigenvalue weighted by Gasteiger charge is -2.32. The van der Waals surface area contributed by atoms with Crippen LogP contribution in [0.4, 0.5) is 8.78 Å². The molecule has 0 radical (unpaired) electrons. The number of nitrogens with zero attached hydrogens (tertiary/aromatic N) is 2. The number of hydrogen-bond acceptors (Lipinski definition) is 4. The number of amides is 1. The van der Waals surface area contributed by atoms with Crippen LogP contribution in [0.5, 0.6) is 11.5 Å². The Morgan fingerprint density at radius 2 is 1.90 bits per heavy atom. The maximum absolute atomic E-state index is 12.6. The van der Waals surface area contributed by atoms with Crippen LogP contribution in [0.3, 0.4) is 0 Å². The lowest BCUT2D eigenvalue weighted by molar-refractivity contribution is -0.0516. The van der Waals surface area contributed by atoms with Crippen molar-refractivity contribution < 1.29 is 23.0 Å². The first kappa shape index (κ1) is 15.5. The van der Waals surface area contributed by atoms with Crippen molar-refractivity contribution >= 4 is 5.91 Å². The van der Waals surface area contributed by atoms with Gasteiger partial charge in [-0.05, 0) is 19.2 Å². The summed E-state index contributed by atoms with van der Waals surface area (Å²) in [7, 11) is 3.32. The predicted molar refractivity (Wildman–Crippen MR) is 73.0 cm³/mol. The zero-order valence-electron chi connectivity index (χ0n) is 12.0. The van der Waals surface area contributed by atoms with E-state index in [1.165, 1.54) is 19.2 Å². The molecule has 1 aliphatic heterocycles. The molecular formula is C14H18F2N2O3. The van der Waals surface area contributed by atoms with Gasteiger partial charge in [0.25, 0.3) is 5.91 Å². The second-order valence-corrected chi connectivity index (χ2v) is 4.81. The monoisotopic (exact) mass is 300 g/mol. The summed E-state index contributed by atoms with van der Waals surface area (Å²) < 4.78 is 34.6. The topological polar surface area (TPSA) is 42.0 Å². The third-order valence-corrected chi connectivity index (χ3v) is 3.43. The lowest BCUT2D eigenvalue weighted by Crippen LogP contribution is -2.47. The number of halogens is 2. The Morgan fingerprint density at radius 3 is 2.48 bits per heavy atom. The summed E-state index contributed by atoms with van der Waals surface area (Å²) in [5, 5.41) is 0. The van der Waals surface area contributed by atoms with Gasteiger partial charge in [0.2, 0.25) is 0 Å². The van der Waals surface area contributed by atoms with Crippen LogP contribution in [0.1, 0.15) is 10.4 Å². The predicted octanol–water partition coefficient (Wildman–Crippen LogP) is 1.68. The quantitative estimate of drug-likeness (QED) is 0.848. The van der Waals surface area contributed by atoms with Gasteiger partial charge in [-0.3, -0.25) is 4.79 Å². The first-order valence-corrected chi connectivity index (χ1v) is 6.62. The Morgan fingerprint density at radius 1 is 1.24 bits per heavy atom. The summed E-state index contributed by atoms with van der Waals surface area (Å²) in [6.07, 6.45) is 0. The second-order valence-electron chi connectivity index (χ2n) is 4.81. The molecule has 5 nitrogen and oxygen atoms in total. The maximum Gasteiger partial charge on any atom is 0.387 e. The standard InChI is InChI=1S/C14H18F2N2O3/c1-17-6-8-18(9-7-17)13(19)10-4-3-5-11(20-2)12(10)21-14(15)16/h3-5,14H,6-9H2,1-2H3. The number of piperazine rings is 1. The normalized spacial score (nSPS) is 16.1. The fraction of sp³-hybridized carbons (Fsp3) is 0.500. The van der Waals surface area contributed by atoms with Crippen LogP contribution in [0, 0.1) is 0 Å². The van der Waals surface area contributed by atoms with Gasteiger partial charge < -0.3 is 19.3 Å². The van der Waals surface area contributed by atoms with Gasteiger partial charge in [-0.25, -0.2) is 0 Å². The number of carbonyl (C=O) groups is 1. The molecule has 0 atom stereocenters. The molecule has 0 aromatic heterocycles. The fourth-order valence-corrected chi connectivity index (χ4v) is 2.24. The molecule has 2 rings (SSSR count). The van der Waals surface area contributed by atoms with E-state index in [-0.39, 0.29) is 23.0 Å². The maximum atomic E-state index is 12.6. The van der Waals surface area contributed by atoms with E-state index in [1.807, 2.05) is 7.05 Å². The van der Waals surface area contributed by atoms with Crippen LogP contribution in [-0.4, -0.2) is 62.7 Å². The van der Waals surface area contributed by atoms with E-state index in [4.69, 9.17) is 4.74 Å². The second kappa shape index (κ2) is 6.71. The van der Waals surface area contributed by atoms with Gasteiger partial charge in [0.1, 0.15) is 0 Å². The van der Waals surface area contributed by atoms with E-state index >= 15 is 0 Å². The largest absolute Gasteiger partial charge is 0.493 e. The number of carbonyl (C=O) groups excluding carboxylic acids is 1. The first-order valence-electron chi connectivity index (χ1n) is 6.62. The molecule has 0 bridgehead atoms. The third-order valence-electron chi connectivity index (χ3n) is 3.43. The molecule has 0 N–H and O–H groups in total. The van der Waals surface area contributed by atoms with Crippen molar-refractivity contribution in [2.75, 3.05) is 40.3 Å². The molecule has 7 heteroatoms. The van der Waals surface area contributed by atoms with Crippen LogP contribution in [0.15, 0.2) is 18.2 Å². The zero-order valence-corrected chi connectivity index (χ0v) is 12.0. The van der Waals surface area contributed by atoms with Crippen molar-refractivity contribution in [3.63, 3.8) is 0 Å². The Kier molecular flexibility index (Phi) is 4.95. The van der Waals surface area contributed by atoms with Crippen LogP contribution in [-0.2, 0) is 0 Å². The number of rotatable bonds is 4. The average Bonchev–Trinajstić information content (AvgIpc) is 2.47. The number of alkyl halides is 2. The van der Waals surface area contributed by atoms with Crippen molar-refractivity contribution in [3.05, 3.63) is 23.8 Å². The van der Waals surface area contributed by atoms with E-state index in [0.717, 1.165) is 13.1 Å². The van der Waals surface area contributed by atoms with Gasteiger partial charge in [-0.15, -0.1) is 0 Å². The van der Waals surface area contributed by atoms with E-state index in [0.29, 0.717) is 13.1 Å². The van der Waals surface area contributed by atoms with Crippen molar-refractivity contribution in [2.24, 2.45) is 0 Å². The zero-order chi connectivity index (χ0) is 15.4. The Hall–Kier alpha value is -1.89. The number of likely N-dealkylation sites (N-methyl/N-ethyl adjacent to an activating group) is 1. The first-order chi connectivity index (χ1) is 10.0. The summed E-state index contributed by atoms with van der Waals surface area (Å²) in [5.74, 6) is -0.410. The number of ether oxygens (including phenoxy) is 2. The van der Waals surface area contributed by atoms with Gasteiger partial charge in [0.15, 0.2) is 11.5 Å². The fourth-order valence-electron chi connectivity index (χ4n) is 2.24. The van der Waals surface area contributed by atoms with Gasteiger partial charge >= 0.3 is 6.61 Å². The molecule has 116 valence electrons. The molecule has 0 unspecified atom stereocenters. The summed E-state index contributed by atoms with van der Waals surface area (Å²) in [5.41, 5.74) is 0.0965. The van der Waals surface area contributed by atoms with Crippen LogP contribution in [0.25, 0.3) is 0 Å². The summed E-state index contributed by atoms with van der Waals surface area (Å²) >= 11 is 0. The number of methoxy groups -OCH3 is 1. The highest BCUT2D eigenvalue weighted by atomic mass is 19.3. The highest BCUT2D eigenvalue weighted by Gasteiger charge is 2.26. The Bertz CT molecular complexity index is 503. The van der Waals surface area contributed by atoms with Crippen LogP contribution >= 0.6 is 0 Å². The summed E-state index contributed by atoms with van der Waals surface area (Å²) in [4.78, 5) is 16.2. The minimum absolute atomic E-state index is 0.0965. The lowest BCUT2D eigenvalue weighted by atomic mass is 10.1. The van der Waals surface area contributed by atoms with Crippen LogP contribution < -0.4 is 9.47 Å². The molecule has 0 spiro atoms. The molecule has 1 saturated heterocycles. The smallest absolute Gasteiger partial charge is 0.387 e. The molecular weight excluding hydrogens is 282 g/mol. The van der Waals surface area contributed by atoms with Crippen molar-refractivity contribution in [3.8, 4) is 11.5 Å². The molecule has 21 heavy (non-hydrogen) atoms. The van der Waals surface area contributed by atoms with Crippen molar-refractivity contribution in [1.29, 1.82) is 0 Å². The third kappa shape index (κ3) is 3.60. The molecule has 1 fully saturated rings. The van der Waals surface area contributed by atoms with Crippen LogP contribution in [0.2, 0.25) is 0 Å². The molecule has 1 heterocycles. The number of hydrogen-bond donors (Lipinski definition) is 0. The van der Waals surface area contributed by atoms with Gasteiger partial charge in [0.05, 0.1) is 12.7 Å². The molecule has 0 saturated carbocycles. The van der Waals surface area contributed by atoms with E-state index in [1.54, 1.807) is 11.0 Å². The molecule has 1 aromatic rings. The van der Waals surface area contributed by atoms with Crippen molar-refractivity contribution in [1.82, 2.24) is 9.80 Å². The summed E-state index contributed by atoms with van der Waals surface area (Å²) in [6.45, 7) is -0.400. The molecule has 1 amide bonds. The summed E-state index contributed by atoms with van der Waals surface area (Å²) in [6, 6.07) is 4.54. The van der Waals surface area contributed by atoms with E-state index in [9.17, 15) is 13.6 Å². The van der Waals surface area contributed by atoms with Crippen molar-refractivity contribution in [2.45, 2.75) is 6.61 Å². The van der Waals surface area contributed by atoms with Gasteiger partial charge in [-0.1, -0.05) is 6.07 Å². The molecule has 1 aromatic carbocycles. The molecule has 0 aliphatic carbocycles. The van der Waals surface area contributed by atoms with E-state index in [2.05, 4.69) is 9.64 Å². The van der Waals surface area contributed by atoms with Gasteiger partial charge in [0, 0.05) is 26.2 Å². The van der Waals surface area contributed by atoms with Gasteiger partial charge in [-0.2, -0.15) is 8.78 Å². The minimum Gasteiger partial charge on any atom is -0.493 e. The minimum atomic E-state index is -3.01. The highest BCUT2D eigenvalue weighted by Crippen LogP contribution is 2.33. The average molecular weight is 300 g/mol. The Balaban J connectivity index is 2.27. The molecule has 1 aliphatic rings.